The fraction of sp³-hybridized carbons (Fsp3) is 0.667. The Kier molecular flexibility index (Phi) is 5.17. The largest absolute Gasteiger partial charge is 0.368 e. The third-order valence-corrected chi connectivity index (χ3v) is 4.37. The van der Waals surface area contributed by atoms with E-state index >= 15 is 0 Å². The van der Waals surface area contributed by atoms with Gasteiger partial charge in [-0.3, -0.25) is 4.79 Å². The van der Waals surface area contributed by atoms with Crippen LogP contribution in [0, 0.1) is 0 Å². The molecule has 16 heavy (non-hydrogen) atoms. The number of hydrogen-bond acceptors (Lipinski definition) is 6. The highest BCUT2D eigenvalue weighted by Gasteiger charge is 2.27. The van der Waals surface area contributed by atoms with Crippen LogP contribution in [0.3, 0.4) is 0 Å². The second kappa shape index (κ2) is 6.17. The zero-order valence-corrected chi connectivity index (χ0v) is 11.0. The van der Waals surface area contributed by atoms with Gasteiger partial charge in [0.25, 0.3) is 0 Å². The first kappa shape index (κ1) is 13.4. The lowest BCUT2D eigenvalue weighted by Gasteiger charge is -2.25. The number of nitrogens with two attached hydrogens (primary N) is 1. The number of thioether (sulfide) groups is 1. The van der Waals surface area contributed by atoms with Gasteiger partial charge in [0.15, 0.2) is 4.34 Å². The maximum atomic E-state index is 11.2. The van der Waals surface area contributed by atoms with E-state index < -0.39 is 5.54 Å². The van der Waals surface area contributed by atoms with E-state index in [9.17, 15) is 4.79 Å². The van der Waals surface area contributed by atoms with Crippen LogP contribution in [0.4, 0.5) is 0 Å². The monoisotopic (exact) mass is 260 g/mol. The molecule has 1 amide bonds. The lowest BCUT2D eigenvalue weighted by Crippen LogP contribution is -2.51. The average Bonchev–Trinajstić information content (AvgIpc) is 2.76. The van der Waals surface area contributed by atoms with Gasteiger partial charge in [-0.2, -0.15) is 4.37 Å². The molecule has 7 heteroatoms. The van der Waals surface area contributed by atoms with Gasteiger partial charge in [0.2, 0.25) is 5.91 Å². The lowest BCUT2D eigenvalue weighted by molar-refractivity contribution is -0.123. The molecule has 0 bridgehead atoms. The number of nitrogens with zero attached hydrogens (tertiary/aromatic N) is 2. The highest BCUT2D eigenvalue weighted by molar-refractivity contribution is 8.00. The van der Waals surface area contributed by atoms with Crippen molar-refractivity contribution in [2.75, 3.05) is 12.8 Å². The third kappa shape index (κ3) is 3.73. The van der Waals surface area contributed by atoms with Gasteiger partial charge in [0.1, 0.15) is 6.33 Å². The van der Waals surface area contributed by atoms with Gasteiger partial charge >= 0.3 is 0 Å². The number of carbonyl (C=O) groups is 1. The van der Waals surface area contributed by atoms with Gasteiger partial charge in [0.05, 0.1) is 5.54 Å². The quantitative estimate of drug-likeness (QED) is 0.562. The molecule has 0 saturated carbocycles. The Labute approximate surface area is 103 Å². The molecule has 3 N–H and O–H groups in total. The first-order chi connectivity index (χ1) is 7.58. The van der Waals surface area contributed by atoms with E-state index in [-0.39, 0.29) is 5.91 Å². The van der Waals surface area contributed by atoms with Crippen molar-refractivity contribution in [1.82, 2.24) is 14.7 Å². The van der Waals surface area contributed by atoms with Crippen molar-refractivity contribution in [3.05, 3.63) is 6.33 Å². The Morgan fingerprint density at radius 3 is 3.00 bits per heavy atom. The van der Waals surface area contributed by atoms with Crippen LogP contribution < -0.4 is 11.1 Å². The Bertz CT molecular complexity index is 330. The maximum Gasteiger partial charge on any atom is 0.237 e. The summed E-state index contributed by atoms with van der Waals surface area (Å²) >= 11 is 3.04. The van der Waals surface area contributed by atoms with E-state index in [1.54, 1.807) is 25.1 Å². The third-order valence-electron chi connectivity index (χ3n) is 2.48. The van der Waals surface area contributed by atoms with E-state index in [1.165, 1.54) is 11.5 Å². The van der Waals surface area contributed by atoms with Crippen LogP contribution in [-0.2, 0) is 4.79 Å². The zero-order chi connectivity index (χ0) is 12.0. The number of hydrogen-bond donors (Lipinski definition) is 2. The maximum absolute atomic E-state index is 11.2. The number of aromatic nitrogens is 2. The van der Waals surface area contributed by atoms with Crippen LogP contribution in [0.5, 0.6) is 0 Å². The molecule has 5 nitrogen and oxygen atoms in total. The van der Waals surface area contributed by atoms with Crippen LogP contribution >= 0.6 is 23.3 Å². The van der Waals surface area contributed by atoms with Crippen molar-refractivity contribution < 1.29 is 4.79 Å². The predicted molar refractivity (Wildman–Crippen MR) is 66.5 cm³/mol. The number of amides is 1. The molecule has 1 aromatic heterocycles. The van der Waals surface area contributed by atoms with Crippen molar-refractivity contribution in [2.45, 2.75) is 29.6 Å². The molecule has 0 spiro atoms. The molecule has 1 unspecified atom stereocenters. The Hall–Kier alpha value is -0.660. The summed E-state index contributed by atoms with van der Waals surface area (Å²) in [6, 6.07) is 0. The molecule has 1 heterocycles. The van der Waals surface area contributed by atoms with Crippen molar-refractivity contribution in [3.63, 3.8) is 0 Å². The normalized spacial score (nSPS) is 14.6. The summed E-state index contributed by atoms with van der Waals surface area (Å²) in [4.78, 5) is 15.3. The Morgan fingerprint density at radius 2 is 2.50 bits per heavy atom. The summed E-state index contributed by atoms with van der Waals surface area (Å²) in [6.45, 7) is 1.82. The second-order valence-corrected chi connectivity index (χ2v) is 5.73. The van der Waals surface area contributed by atoms with Crippen molar-refractivity contribution >= 4 is 29.2 Å². The van der Waals surface area contributed by atoms with Crippen LogP contribution in [0.1, 0.15) is 19.8 Å². The molecule has 0 saturated heterocycles. The summed E-state index contributed by atoms with van der Waals surface area (Å²) < 4.78 is 4.88. The Balaban J connectivity index is 2.26. The number of rotatable bonds is 7. The van der Waals surface area contributed by atoms with Gasteiger partial charge in [-0.05, 0) is 38.3 Å². The minimum Gasteiger partial charge on any atom is -0.368 e. The molecular weight excluding hydrogens is 244 g/mol. The first-order valence-electron chi connectivity index (χ1n) is 4.97. The van der Waals surface area contributed by atoms with E-state index in [4.69, 9.17) is 5.73 Å². The summed E-state index contributed by atoms with van der Waals surface area (Å²) in [5.41, 5.74) is 4.72. The topological polar surface area (TPSA) is 80.9 Å². The summed E-state index contributed by atoms with van der Waals surface area (Å²) in [5.74, 6) is 0.607. The summed E-state index contributed by atoms with van der Waals surface area (Å²) in [6.07, 6.45) is 3.18. The highest BCUT2D eigenvalue weighted by Crippen LogP contribution is 2.21. The fourth-order valence-corrected chi connectivity index (χ4v) is 2.64. The molecule has 1 rings (SSSR count). The van der Waals surface area contributed by atoms with Gasteiger partial charge < -0.3 is 11.1 Å². The molecule has 0 aromatic carbocycles. The molecule has 0 aliphatic carbocycles. The second-order valence-electron chi connectivity index (χ2n) is 3.61. The molecule has 0 aliphatic heterocycles. The lowest BCUT2D eigenvalue weighted by atomic mass is 9.96. The fourth-order valence-electron chi connectivity index (χ4n) is 1.18. The molecular formula is C9H16N4OS2. The Morgan fingerprint density at radius 1 is 1.75 bits per heavy atom. The van der Waals surface area contributed by atoms with Crippen LogP contribution in [0.15, 0.2) is 10.7 Å². The molecule has 0 aliphatic rings. The van der Waals surface area contributed by atoms with Crippen molar-refractivity contribution in [3.8, 4) is 0 Å². The van der Waals surface area contributed by atoms with Crippen LogP contribution in [0.25, 0.3) is 0 Å². The standard InChI is InChI=1S/C9H16N4OS2/c1-9(11-2,7(10)14)4-3-5-15-8-12-6-13-16-8/h6,11H,3-5H2,1-2H3,(H2,10,14). The minimum absolute atomic E-state index is 0.309. The van der Waals surface area contributed by atoms with E-state index in [0.29, 0.717) is 0 Å². The number of primary amides is 1. The number of nitrogens with one attached hydrogen (secondary N) is 1. The smallest absolute Gasteiger partial charge is 0.237 e. The average molecular weight is 260 g/mol. The summed E-state index contributed by atoms with van der Waals surface area (Å²) in [7, 11) is 1.75. The predicted octanol–water partition coefficient (Wildman–Crippen LogP) is 0.874. The van der Waals surface area contributed by atoms with Gasteiger partial charge in [-0.15, -0.1) is 0 Å². The molecule has 1 atom stereocenters. The zero-order valence-electron chi connectivity index (χ0n) is 9.40. The number of carbonyl (C=O) groups excluding carboxylic acids is 1. The minimum atomic E-state index is -0.609. The molecule has 1 aromatic rings. The van der Waals surface area contributed by atoms with Crippen LogP contribution in [-0.4, -0.2) is 33.6 Å². The SMILES string of the molecule is CNC(C)(CCCSc1ncns1)C(N)=O. The van der Waals surface area contributed by atoms with Crippen molar-refractivity contribution in [2.24, 2.45) is 5.73 Å². The number of likely N-dealkylation sites (N-methyl/N-ethyl adjacent to an activating group) is 1. The molecule has 0 radical (unpaired) electrons. The van der Waals surface area contributed by atoms with E-state index in [1.807, 2.05) is 6.92 Å². The first-order valence-corrected chi connectivity index (χ1v) is 6.72. The van der Waals surface area contributed by atoms with Crippen molar-refractivity contribution in [1.29, 1.82) is 0 Å². The van der Waals surface area contributed by atoms with E-state index in [2.05, 4.69) is 14.7 Å². The summed E-state index contributed by atoms with van der Waals surface area (Å²) in [5, 5.41) is 2.96. The van der Waals surface area contributed by atoms with Gasteiger partial charge in [-0.25, -0.2) is 4.98 Å². The van der Waals surface area contributed by atoms with Gasteiger partial charge in [-0.1, -0.05) is 11.8 Å². The molecule has 90 valence electrons. The van der Waals surface area contributed by atoms with Gasteiger partial charge in [0, 0.05) is 5.75 Å². The highest BCUT2D eigenvalue weighted by atomic mass is 32.2. The van der Waals surface area contributed by atoms with Crippen LogP contribution in [0.2, 0.25) is 0 Å². The van der Waals surface area contributed by atoms with E-state index in [0.717, 1.165) is 22.9 Å². The molecule has 0 fully saturated rings.